The Kier molecular flexibility index (Phi) is 4.69. The van der Waals surface area contributed by atoms with Crippen LogP contribution in [0.25, 0.3) is 10.6 Å². The molecule has 1 N–H and O–H groups in total. The highest BCUT2D eigenvalue weighted by molar-refractivity contribution is 7.13. The number of phenolic OH excluding ortho intramolecular Hbond substituents is 1. The minimum Gasteiger partial charge on any atom is -0.507 e. The Labute approximate surface area is 156 Å². The largest absolute Gasteiger partial charge is 0.507 e. The Balaban J connectivity index is 1.59. The lowest BCUT2D eigenvalue weighted by atomic mass is 9.78. The molecule has 2 fully saturated rings. The monoisotopic (exact) mass is 376 g/mol. The van der Waals surface area contributed by atoms with Crippen molar-refractivity contribution in [2.45, 2.75) is 44.6 Å². The number of amides is 1. The fraction of sp³-hybridized carbons (Fsp3) is 0.474. The molecule has 1 aliphatic heterocycles. The maximum absolute atomic E-state index is 13.0. The summed E-state index contributed by atoms with van der Waals surface area (Å²) in [6.07, 6.45) is 7.18. The van der Waals surface area contributed by atoms with Crippen LogP contribution < -0.4 is 0 Å². The quantitative estimate of drug-likeness (QED) is 0.805. The van der Waals surface area contributed by atoms with Crippen LogP contribution in [0.1, 0.15) is 49.0 Å². The first-order valence-corrected chi connectivity index (χ1v) is 10.1. The normalized spacial score (nSPS) is 23.3. The minimum atomic E-state index is 0.0283. The fourth-order valence-corrected chi connectivity index (χ4v) is 5.19. The highest BCUT2D eigenvalue weighted by Crippen LogP contribution is 2.37. The number of phenols is 1. The van der Waals surface area contributed by atoms with Crippen molar-refractivity contribution in [1.82, 2.24) is 9.88 Å². The Morgan fingerprint density at radius 1 is 1.24 bits per heavy atom. The molecule has 4 rings (SSSR count). The van der Waals surface area contributed by atoms with Gasteiger partial charge >= 0.3 is 0 Å². The number of fused-ring (bicyclic) bond motifs is 1. The molecule has 132 valence electrons. The molecule has 0 bridgehead atoms. The van der Waals surface area contributed by atoms with Gasteiger partial charge in [-0.2, -0.15) is 0 Å². The second-order valence-corrected chi connectivity index (χ2v) is 8.25. The van der Waals surface area contributed by atoms with Crippen molar-refractivity contribution in [1.29, 1.82) is 0 Å². The molecule has 1 saturated heterocycles. The Bertz CT molecular complexity index is 789. The van der Waals surface area contributed by atoms with Crippen LogP contribution in [0.5, 0.6) is 5.75 Å². The molecular weight excluding hydrogens is 356 g/mol. The number of thiazole rings is 1. The zero-order chi connectivity index (χ0) is 17.4. The summed E-state index contributed by atoms with van der Waals surface area (Å²) in [4.78, 5) is 19.6. The molecule has 1 aromatic carbocycles. The van der Waals surface area contributed by atoms with E-state index in [1.165, 1.54) is 37.0 Å². The maximum Gasteiger partial charge on any atom is 0.273 e. The number of hydrogen-bond donors (Lipinski definition) is 1. The predicted octanol–water partition coefficient (Wildman–Crippen LogP) is 4.96. The second-order valence-electron chi connectivity index (χ2n) is 6.95. The van der Waals surface area contributed by atoms with E-state index in [0.29, 0.717) is 33.2 Å². The predicted molar refractivity (Wildman–Crippen MR) is 100 cm³/mol. The Morgan fingerprint density at radius 2 is 2.04 bits per heavy atom. The molecule has 2 aromatic rings. The summed E-state index contributed by atoms with van der Waals surface area (Å²) in [6.45, 7) is 0.829. The van der Waals surface area contributed by atoms with Crippen molar-refractivity contribution < 1.29 is 9.90 Å². The number of carbonyl (C=O) groups is 1. The molecule has 4 nitrogen and oxygen atoms in total. The highest BCUT2D eigenvalue weighted by atomic mass is 35.5. The first-order chi connectivity index (χ1) is 12.1. The smallest absolute Gasteiger partial charge is 0.273 e. The van der Waals surface area contributed by atoms with Gasteiger partial charge in [-0.05, 0) is 49.8 Å². The summed E-state index contributed by atoms with van der Waals surface area (Å²) < 4.78 is 0. The molecule has 2 unspecified atom stereocenters. The zero-order valence-corrected chi connectivity index (χ0v) is 15.5. The molecule has 25 heavy (non-hydrogen) atoms. The summed E-state index contributed by atoms with van der Waals surface area (Å²) in [7, 11) is 0. The number of rotatable bonds is 2. The van der Waals surface area contributed by atoms with E-state index in [4.69, 9.17) is 11.6 Å². The molecule has 1 amide bonds. The topological polar surface area (TPSA) is 53.4 Å². The molecule has 0 radical (unpaired) electrons. The number of nitrogens with zero attached hydrogens (tertiary/aromatic N) is 2. The Morgan fingerprint density at radius 3 is 2.92 bits per heavy atom. The van der Waals surface area contributed by atoms with E-state index < -0.39 is 0 Å². The van der Waals surface area contributed by atoms with Crippen molar-refractivity contribution >= 4 is 28.8 Å². The molecule has 1 aliphatic carbocycles. The first-order valence-electron chi connectivity index (χ1n) is 8.89. The van der Waals surface area contributed by atoms with E-state index in [1.54, 1.807) is 23.6 Å². The van der Waals surface area contributed by atoms with E-state index >= 15 is 0 Å². The standard InChI is InChI=1S/C19H21ClN2O2S/c20-13-7-8-17(23)14(10-13)18-21-15(11-25-18)19(24)22-9-3-5-12-4-1-2-6-16(12)22/h7-8,10-12,16,23H,1-6,9H2. The summed E-state index contributed by atoms with van der Waals surface area (Å²) in [5.74, 6) is 0.810. The van der Waals surface area contributed by atoms with E-state index in [0.717, 1.165) is 19.4 Å². The minimum absolute atomic E-state index is 0.0283. The van der Waals surface area contributed by atoms with Crippen LogP contribution in [0, 0.1) is 5.92 Å². The summed E-state index contributed by atoms with van der Waals surface area (Å²) in [5, 5.41) is 13.0. The van der Waals surface area contributed by atoms with Gasteiger partial charge in [-0.15, -0.1) is 11.3 Å². The molecule has 1 saturated carbocycles. The number of carbonyl (C=O) groups excluding carboxylic acids is 1. The number of aromatic hydroxyl groups is 1. The molecule has 2 aliphatic rings. The van der Waals surface area contributed by atoms with Gasteiger partial charge in [0.15, 0.2) is 0 Å². The van der Waals surface area contributed by atoms with Crippen LogP contribution in [-0.2, 0) is 0 Å². The van der Waals surface area contributed by atoms with Crippen molar-refractivity contribution in [2.75, 3.05) is 6.54 Å². The number of piperidine rings is 1. The van der Waals surface area contributed by atoms with Gasteiger partial charge in [-0.3, -0.25) is 4.79 Å². The average Bonchev–Trinajstić information content (AvgIpc) is 3.12. The van der Waals surface area contributed by atoms with Gasteiger partial charge in [-0.1, -0.05) is 24.4 Å². The van der Waals surface area contributed by atoms with Gasteiger partial charge in [0.25, 0.3) is 5.91 Å². The van der Waals surface area contributed by atoms with Gasteiger partial charge in [0.05, 0.1) is 5.56 Å². The van der Waals surface area contributed by atoms with Crippen molar-refractivity contribution in [3.05, 3.63) is 34.3 Å². The van der Waals surface area contributed by atoms with Gasteiger partial charge < -0.3 is 10.0 Å². The summed E-state index contributed by atoms with van der Waals surface area (Å²) in [5.41, 5.74) is 1.05. The lowest BCUT2D eigenvalue weighted by Gasteiger charge is -2.43. The van der Waals surface area contributed by atoms with E-state index in [-0.39, 0.29) is 11.7 Å². The third-order valence-corrected chi connectivity index (χ3v) is 6.53. The molecule has 0 spiro atoms. The molecule has 1 aromatic heterocycles. The number of likely N-dealkylation sites (tertiary alicyclic amines) is 1. The zero-order valence-electron chi connectivity index (χ0n) is 13.9. The van der Waals surface area contributed by atoms with Crippen molar-refractivity contribution in [2.24, 2.45) is 5.92 Å². The molecular formula is C19H21ClN2O2S. The third-order valence-electron chi connectivity index (χ3n) is 5.42. The third kappa shape index (κ3) is 3.27. The van der Waals surface area contributed by atoms with Gasteiger partial charge in [-0.25, -0.2) is 4.98 Å². The van der Waals surface area contributed by atoms with Gasteiger partial charge in [0.1, 0.15) is 16.5 Å². The van der Waals surface area contributed by atoms with E-state index in [2.05, 4.69) is 4.98 Å². The second kappa shape index (κ2) is 6.96. The summed E-state index contributed by atoms with van der Waals surface area (Å²) >= 11 is 7.39. The molecule has 2 atom stereocenters. The molecule has 6 heteroatoms. The van der Waals surface area contributed by atoms with Crippen LogP contribution >= 0.6 is 22.9 Å². The maximum atomic E-state index is 13.0. The van der Waals surface area contributed by atoms with Crippen molar-refractivity contribution in [3.8, 4) is 16.3 Å². The van der Waals surface area contributed by atoms with E-state index in [9.17, 15) is 9.90 Å². The molecule has 2 heterocycles. The van der Waals surface area contributed by atoms with Crippen LogP contribution in [-0.4, -0.2) is 33.5 Å². The highest BCUT2D eigenvalue weighted by Gasteiger charge is 2.36. The van der Waals surface area contributed by atoms with Crippen LogP contribution in [0.4, 0.5) is 0 Å². The fourth-order valence-electron chi connectivity index (χ4n) is 4.20. The number of aromatic nitrogens is 1. The number of benzene rings is 1. The van der Waals surface area contributed by atoms with Crippen LogP contribution in [0.3, 0.4) is 0 Å². The van der Waals surface area contributed by atoms with E-state index in [1.807, 2.05) is 4.90 Å². The Hall–Kier alpha value is -1.59. The van der Waals surface area contributed by atoms with Gasteiger partial charge in [0, 0.05) is 23.0 Å². The number of halogens is 1. The van der Waals surface area contributed by atoms with Crippen molar-refractivity contribution in [3.63, 3.8) is 0 Å². The first kappa shape index (κ1) is 16.9. The van der Waals surface area contributed by atoms with Crippen LogP contribution in [0.2, 0.25) is 5.02 Å². The number of hydrogen-bond acceptors (Lipinski definition) is 4. The SMILES string of the molecule is O=C(c1csc(-c2cc(Cl)ccc2O)n1)N1CCCC2CCCCC21. The van der Waals surface area contributed by atoms with Crippen LogP contribution in [0.15, 0.2) is 23.6 Å². The lowest BCUT2D eigenvalue weighted by molar-refractivity contribution is 0.0386. The summed E-state index contributed by atoms with van der Waals surface area (Å²) in [6, 6.07) is 5.25. The van der Waals surface area contributed by atoms with Gasteiger partial charge in [0.2, 0.25) is 0 Å². The average molecular weight is 377 g/mol. The lowest BCUT2D eigenvalue weighted by Crippen LogP contribution is -2.49.